The van der Waals surface area contributed by atoms with Crippen molar-refractivity contribution in [1.82, 2.24) is 5.32 Å². The van der Waals surface area contributed by atoms with Gasteiger partial charge in [-0.25, -0.2) is 8.42 Å². The fourth-order valence-corrected chi connectivity index (χ4v) is 4.74. The first-order chi connectivity index (χ1) is 19.3. The van der Waals surface area contributed by atoms with Crippen molar-refractivity contribution >= 4 is 44.6 Å². The number of anilines is 2. The summed E-state index contributed by atoms with van der Waals surface area (Å²) >= 11 is 5.24. The highest BCUT2D eigenvalue weighted by atomic mass is 32.2. The molecule has 40 heavy (non-hydrogen) atoms. The zero-order valence-electron chi connectivity index (χ0n) is 21.5. The monoisotopic (exact) mass is 577 g/mol. The number of hydrogen-bond donors (Lipinski definition) is 3. The molecule has 0 unspecified atom stereocenters. The Balaban J connectivity index is 1.24. The van der Waals surface area contributed by atoms with E-state index in [2.05, 4.69) is 15.4 Å². The molecule has 0 radical (unpaired) electrons. The van der Waals surface area contributed by atoms with Crippen LogP contribution in [0.25, 0.3) is 0 Å². The van der Waals surface area contributed by atoms with E-state index in [1.54, 1.807) is 60.7 Å². The topological polar surface area (TPSA) is 115 Å². The van der Waals surface area contributed by atoms with Crippen LogP contribution in [0.1, 0.15) is 10.4 Å². The van der Waals surface area contributed by atoms with Gasteiger partial charge in [0, 0.05) is 16.9 Å². The fraction of sp³-hybridized carbons (Fsp3) is 0.103. The Bertz CT molecular complexity index is 1530. The molecule has 0 heterocycles. The molecular formula is C29H27N3O6S2. The third kappa shape index (κ3) is 8.19. The van der Waals surface area contributed by atoms with Gasteiger partial charge in [0.05, 0.1) is 12.0 Å². The molecule has 0 aliphatic carbocycles. The summed E-state index contributed by atoms with van der Waals surface area (Å²) in [5.41, 5.74) is 1.31. The minimum Gasteiger partial charge on any atom is -0.497 e. The predicted octanol–water partition coefficient (Wildman–Crippen LogP) is 5.08. The summed E-state index contributed by atoms with van der Waals surface area (Å²) in [7, 11) is -2.26. The van der Waals surface area contributed by atoms with E-state index in [4.69, 9.17) is 26.4 Å². The van der Waals surface area contributed by atoms with Crippen molar-refractivity contribution in [3.05, 3.63) is 109 Å². The molecule has 0 aliphatic heterocycles. The summed E-state index contributed by atoms with van der Waals surface area (Å²) in [4.78, 5) is 12.6. The van der Waals surface area contributed by atoms with Gasteiger partial charge in [-0.1, -0.05) is 18.2 Å². The lowest BCUT2D eigenvalue weighted by atomic mass is 10.2. The van der Waals surface area contributed by atoms with E-state index in [1.807, 2.05) is 30.3 Å². The molecule has 0 aromatic heterocycles. The van der Waals surface area contributed by atoms with Crippen LogP contribution in [0.4, 0.5) is 11.4 Å². The SMILES string of the molecule is COc1ccc(NS(=O)(=O)c2ccc(NC(=S)NC(=O)c3ccc(OCCOc4ccccc4)cc3)cc2)cc1. The molecule has 0 fully saturated rings. The number of thiocarbonyl (C=S) groups is 1. The van der Waals surface area contributed by atoms with Gasteiger partial charge >= 0.3 is 0 Å². The maximum Gasteiger partial charge on any atom is 0.261 e. The smallest absolute Gasteiger partial charge is 0.261 e. The lowest BCUT2D eigenvalue weighted by Crippen LogP contribution is -2.34. The summed E-state index contributed by atoms with van der Waals surface area (Å²) in [5.74, 6) is 1.59. The summed E-state index contributed by atoms with van der Waals surface area (Å²) in [5, 5.41) is 5.54. The van der Waals surface area contributed by atoms with E-state index in [1.165, 1.54) is 19.2 Å². The van der Waals surface area contributed by atoms with Crippen molar-refractivity contribution in [2.75, 3.05) is 30.4 Å². The molecule has 206 valence electrons. The number of carbonyl (C=O) groups is 1. The number of sulfonamides is 1. The van der Waals surface area contributed by atoms with Crippen LogP contribution in [-0.4, -0.2) is 39.8 Å². The molecule has 4 aromatic rings. The second-order valence-electron chi connectivity index (χ2n) is 8.30. The van der Waals surface area contributed by atoms with E-state index in [0.29, 0.717) is 41.7 Å². The van der Waals surface area contributed by atoms with Gasteiger partial charge < -0.3 is 19.5 Å². The first-order valence-electron chi connectivity index (χ1n) is 12.1. The summed E-state index contributed by atoms with van der Waals surface area (Å²) < 4.78 is 44.2. The highest BCUT2D eigenvalue weighted by Crippen LogP contribution is 2.21. The molecule has 9 nitrogen and oxygen atoms in total. The van der Waals surface area contributed by atoms with Gasteiger partial charge in [0.15, 0.2) is 5.11 Å². The van der Waals surface area contributed by atoms with Gasteiger partial charge in [0.2, 0.25) is 0 Å². The average Bonchev–Trinajstić information content (AvgIpc) is 2.96. The van der Waals surface area contributed by atoms with Crippen molar-refractivity contribution in [3.63, 3.8) is 0 Å². The standard InChI is InChI=1S/C29H27N3O6S2/c1-36-24-15-9-23(10-16-24)32-40(34,35)27-17-11-22(12-18-27)30-29(39)31-28(33)21-7-13-26(14-8-21)38-20-19-37-25-5-3-2-4-6-25/h2-18,32H,19-20H2,1H3,(H2,30,31,33,39). The van der Waals surface area contributed by atoms with Crippen molar-refractivity contribution in [2.45, 2.75) is 4.90 Å². The zero-order valence-corrected chi connectivity index (χ0v) is 23.1. The van der Waals surface area contributed by atoms with Crippen LogP contribution in [0, 0.1) is 0 Å². The Morgan fingerprint density at radius 3 is 1.88 bits per heavy atom. The second kappa shape index (κ2) is 13.5. The maximum atomic E-state index is 12.7. The van der Waals surface area contributed by atoms with Crippen LogP contribution < -0.4 is 29.6 Å². The van der Waals surface area contributed by atoms with Crippen LogP contribution in [-0.2, 0) is 10.0 Å². The molecule has 0 saturated carbocycles. The molecule has 11 heteroatoms. The summed E-state index contributed by atoms with van der Waals surface area (Å²) in [6.45, 7) is 0.740. The lowest BCUT2D eigenvalue weighted by molar-refractivity contribution is 0.0977. The largest absolute Gasteiger partial charge is 0.497 e. The molecular weight excluding hydrogens is 550 g/mol. The van der Waals surface area contributed by atoms with Gasteiger partial charge in [0.1, 0.15) is 30.5 Å². The van der Waals surface area contributed by atoms with E-state index in [-0.39, 0.29) is 10.0 Å². The number of methoxy groups -OCH3 is 1. The molecule has 0 saturated heterocycles. The van der Waals surface area contributed by atoms with Gasteiger partial charge in [-0.05, 0) is 97.1 Å². The predicted molar refractivity (Wildman–Crippen MR) is 158 cm³/mol. The number of nitrogens with one attached hydrogen (secondary N) is 3. The highest BCUT2D eigenvalue weighted by Gasteiger charge is 2.15. The minimum absolute atomic E-state index is 0.0651. The number of amides is 1. The number of para-hydroxylation sites is 1. The minimum atomic E-state index is -3.80. The molecule has 1 amide bonds. The third-order valence-corrected chi connectivity index (χ3v) is 7.07. The number of carbonyl (C=O) groups excluding carboxylic acids is 1. The molecule has 4 aromatic carbocycles. The van der Waals surface area contributed by atoms with E-state index in [0.717, 1.165) is 5.75 Å². The van der Waals surface area contributed by atoms with Crippen molar-refractivity contribution in [3.8, 4) is 17.2 Å². The molecule has 0 aliphatic rings. The molecule has 0 bridgehead atoms. The van der Waals surface area contributed by atoms with Crippen LogP contribution >= 0.6 is 12.2 Å². The van der Waals surface area contributed by atoms with Gasteiger partial charge in [-0.2, -0.15) is 0 Å². The number of rotatable bonds is 11. The second-order valence-corrected chi connectivity index (χ2v) is 10.4. The summed E-state index contributed by atoms with van der Waals surface area (Å²) in [6, 6.07) is 28.6. The molecule has 0 atom stereocenters. The van der Waals surface area contributed by atoms with Crippen molar-refractivity contribution in [2.24, 2.45) is 0 Å². The zero-order chi connectivity index (χ0) is 28.4. The Labute approximate surface area is 238 Å². The molecule has 0 spiro atoms. The van der Waals surface area contributed by atoms with Gasteiger partial charge in [-0.15, -0.1) is 0 Å². The Hall–Kier alpha value is -4.61. The lowest BCUT2D eigenvalue weighted by Gasteiger charge is -2.12. The third-order valence-electron chi connectivity index (χ3n) is 5.47. The first kappa shape index (κ1) is 28.4. The van der Waals surface area contributed by atoms with E-state index in [9.17, 15) is 13.2 Å². The number of hydrogen-bond acceptors (Lipinski definition) is 7. The Kier molecular flexibility index (Phi) is 9.55. The first-order valence-corrected chi connectivity index (χ1v) is 14.0. The normalized spacial score (nSPS) is 10.7. The van der Waals surface area contributed by atoms with Crippen LogP contribution in [0.15, 0.2) is 108 Å². The number of ether oxygens (including phenoxy) is 3. The van der Waals surface area contributed by atoms with Crippen molar-refractivity contribution < 1.29 is 27.4 Å². The van der Waals surface area contributed by atoms with Crippen LogP contribution in [0.5, 0.6) is 17.2 Å². The Morgan fingerprint density at radius 2 is 1.27 bits per heavy atom. The maximum absolute atomic E-state index is 12.7. The quantitative estimate of drug-likeness (QED) is 0.167. The van der Waals surface area contributed by atoms with Crippen LogP contribution in [0.2, 0.25) is 0 Å². The Morgan fingerprint density at radius 1 is 0.725 bits per heavy atom. The molecule has 3 N–H and O–H groups in total. The highest BCUT2D eigenvalue weighted by molar-refractivity contribution is 7.92. The molecule has 4 rings (SSSR count). The average molecular weight is 578 g/mol. The van der Waals surface area contributed by atoms with Crippen molar-refractivity contribution in [1.29, 1.82) is 0 Å². The van der Waals surface area contributed by atoms with Gasteiger partial charge in [0.25, 0.3) is 15.9 Å². The van der Waals surface area contributed by atoms with E-state index >= 15 is 0 Å². The van der Waals surface area contributed by atoms with E-state index < -0.39 is 15.9 Å². The van der Waals surface area contributed by atoms with Gasteiger partial charge in [-0.3, -0.25) is 14.8 Å². The fourth-order valence-electron chi connectivity index (χ4n) is 3.47. The summed E-state index contributed by atoms with van der Waals surface area (Å²) in [6.07, 6.45) is 0. The van der Waals surface area contributed by atoms with Crippen LogP contribution in [0.3, 0.4) is 0 Å². The number of benzene rings is 4.